The number of hydrogen-bond donors (Lipinski definition) is 6. The second-order valence-corrected chi connectivity index (χ2v) is 29.5. The first kappa shape index (κ1) is 62.7. The van der Waals surface area contributed by atoms with E-state index in [1.807, 2.05) is 97.1 Å². The largest absolute Gasteiger partial charge is 0.388 e. The maximum Gasteiger partial charge on any atom is 0.243 e. The van der Waals surface area contributed by atoms with Gasteiger partial charge in [0.25, 0.3) is 0 Å². The molecule has 80 heavy (non-hydrogen) atoms. The Hall–Kier alpha value is -6.46. The predicted molar refractivity (Wildman–Crippen MR) is 319 cm³/mol. The molecule has 0 radical (unpaired) electrons. The van der Waals surface area contributed by atoms with Gasteiger partial charge in [0.15, 0.2) is 19.7 Å². The van der Waals surface area contributed by atoms with Crippen LogP contribution in [0, 0.1) is 23.7 Å². The molecule has 6 N–H and O–H groups in total. The van der Waals surface area contributed by atoms with Crippen LogP contribution in [0.25, 0.3) is 21.5 Å². The number of nitrogens with one attached hydrogen (secondary N) is 4. The van der Waals surface area contributed by atoms with Crippen LogP contribution in [0.1, 0.15) is 91.5 Å². The molecule has 0 heterocycles. The number of rotatable bonds is 25. The highest BCUT2D eigenvalue weighted by Crippen LogP contribution is 2.28. The summed E-state index contributed by atoms with van der Waals surface area (Å²) in [7, 11) is -7.70. The van der Waals surface area contributed by atoms with Crippen LogP contribution in [0.4, 0.5) is 0 Å². The van der Waals surface area contributed by atoms with E-state index in [0.717, 1.165) is 32.7 Å². The summed E-state index contributed by atoms with van der Waals surface area (Å²) in [5.41, 5.74) is 2.92. The first-order valence-electron chi connectivity index (χ1n) is 27.6. The van der Waals surface area contributed by atoms with E-state index in [2.05, 4.69) is 21.3 Å². The normalized spacial score (nSPS) is 15.5. The van der Waals surface area contributed by atoms with Gasteiger partial charge in [-0.3, -0.25) is 19.2 Å². The van der Waals surface area contributed by atoms with Crippen molar-refractivity contribution in [2.24, 2.45) is 23.7 Å². The molecule has 6 aromatic rings. The van der Waals surface area contributed by atoms with Crippen molar-refractivity contribution in [3.8, 4) is 0 Å². The van der Waals surface area contributed by atoms with Crippen molar-refractivity contribution in [2.75, 3.05) is 11.5 Å². The molecule has 0 fully saturated rings. The molecule has 0 aliphatic rings. The fourth-order valence-electron chi connectivity index (χ4n) is 9.84. The van der Waals surface area contributed by atoms with Gasteiger partial charge in [-0.1, -0.05) is 173 Å². The Bertz CT molecular complexity index is 3070. The summed E-state index contributed by atoms with van der Waals surface area (Å²) >= 11 is 0. The van der Waals surface area contributed by atoms with Gasteiger partial charge in [-0.25, -0.2) is 16.8 Å². The van der Waals surface area contributed by atoms with Crippen molar-refractivity contribution < 1.29 is 46.2 Å². The number of carbonyl (C=O) groups excluding carboxylic acids is 4. The number of hydrogen-bond acceptors (Lipinski definition) is 10. The third-order valence-corrected chi connectivity index (χ3v) is 20.5. The van der Waals surface area contributed by atoms with Gasteiger partial charge >= 0.3 is 0 Å². The summed E-state index contributed by atoms with van der Waals surface area (Å²) in [6.45, 7) is 16.4. The van der Waals surface area contributed by atoms with E-state index in [1.165, 1.54) is 0 Å². The Kier molecular flexibility index (Phi) is 21.1. The van der Waals surface area contributed by atoms with E-state index >= 15 is 0 Å². The first-order chi connectivity index (χ1) is 37.6. The summed E-state index contributed by atoms with van der Waals surface area (Å²) < 4.78 is 52.9. The number of carbonyl (C=O) groups is 4. The smallest absolute Gasteiger partial charge is 0.243 e. The maximum atomic E-state index is 14.7. The van der Waals surface area contributed by atoms with E-state index in [-0.39, 0.29) is 25.7 Å². The highest BCUT2D eigenvalue weighted by molar-refractivity contribution is 7.93. The van der Waals surface area contributed by atoms with E-state index in [1.54, 1.807) is 118 Å². The Balaban J connectivity index is 1.29. The molecular formula is C64H82N4O10S2. The van der Waals surface area contributed by atoms with Crippen molar-refractivity contribution >= 4 is 64.8 Å². The van der Waals surface area contributed by atoms with Crippen molar-refractivity contribution in [3.63, 3.8) is 0 Å². The van der Waals surface area contributed by atoms with Crippen LogP contribution < -0.4 is 21.3 Å². The van der Waals surface area contributed by atoms with Crippen LogP contribution in [0.3, 0.4) is 0 Å². The number of fused-ring (bicyclic) bond motifs is 2. The average molecular weight is 1130 g/mol. The summed E-state index contributed by atoms with van der Waals surface area (Å²) in [4.78, 5) is 58.7. The topological polar surface area (TPSA) is 225 Å². The van der Waals surface area contributed by atoms with Crippen LogP contribution in [0.5, 0.6) is 0 Å². The minimum absolute atomic E-state index is 0.00332. The van der Waals surface area contributed by atoms with Crippen molar-refractivity contribution in [3.05, 3.63) is 168 Å². The summed E-state index contributed by atoms with van der Waals surface area (Å²) in [5, 5.41) is 40.1. The molecule has 0 aliphatic heterocycles. The van der Waals surface area contributed by atoms with Crippen LogP contribution in [-0.4, -0.2) is 108 Å². The van der Waals surface area contributed by atoms with Gasteiger partial charge in [-0.2, -0.15) is 0 Å². The molecule has 14 nitrogen and oxygen atoms in total. The van der Waals surface area contributed by atoms with E-state index < -0.39 is 124 Å². The van der Waals surface area contributed by atoms with Gasteiger partial charge in [0.05, 0.1) is 44.9 Å². The van der Waals surface area contributed by atoms with Crippen LogP contribution in [0.2, 0.25) is 0 Å². The van der Waals surface area contributed by atoms with Crippen LogP contribution in [-0.2, 0) is 64.5 Å². The minimum atomic E-state index is -3.85. The molecule has 0 saturated heterocycles. The lowest BCUT2D eigenvalue weighted by atomic mass is 9.90. The second kappa shape index (κ2) is 26.9. The lowest BCUT2D eigenvalue weighted by molar-refractivity contribution is -0.134. The number of amides is 4. The van der Waals surface area contributed by atoms with Gasteiger partial charge in [-0.05, 0) is 123 Å². The highest BCUT2D eigenvalue weighted by Gasteiger charge is 2.41. The van der Waals surface area contributed by atoms with E-state index in [4.69, 9.17) is 0 Å². The number of benzene rings is 6. The van der Waals surface area contributed by atoms with Gasteiger partial charge in [-0.15, -0.1) is 0 Å². The Morgan fingerprint density at radius 1 is 0.412 bits per heavy atom. The molecule has 0 bridgehead atoms. The molecule has 430 valence electrons. The number of aliphatic hydroxyl groups excluding tert-OH is 2. The molecule has 4 amide bonds. The quantitative estimate of drug-likeness (QED) is 0.0325. The standard InChI is InChI=1S/C64H82N4O10S2/c1-41(2)55(67-59(71)49(39-79(75,76)63(5,6)7)37-47-31-21-29-45-27-17-19-33-51(45)47)61(73)65-53(35-43-23-13-11-14-24-43)57(69)58(70)54(36-44-25-15-12-16-26-44)66-62(74)56(42(3)4)68-60(72)50(40-80(77,78)64(8,9)10)38-48-32-22-30-46-28-18-20-34-52(46)48/h11-34,41-42,49-50,53-58,69-70H,35-40H2,1-10H3,(H,65,73)(H,66,74)(H,67,71)(H,68,72)/t49-,50-,53+,54+,55+,56?,57-,58-/m1/s1. The third kappa shape index (κ3) is 16.4. The molecule has 0 saturated carbocycles. The molecule has 16 heteroatoms. The molecule has 1 unspecified atom stereocenters. The number of sulfone groups is 2. The van der Waals surface area contributed by atoms with Gasteiger partial charge in [0.1, 0.15) is 24.3 Å². The molecular weight excluding hydrogens is 1050 g/mol. The van der Waals surface area contributed by atoms with Crippen LogP contribution in [0.15, 0.2) is 146 Å². The average Bonchev–Trinajstić information content (AvgIpc) is 3.40. The lowest BCUT2D eigenvalue weighted by Gasteiger charge is -2.35. The Labute approximate surface area is 473 Å². The first-order valence-corrected chi connectivity index (χ1v) is 30.9. The molecule has 6 aromatic carbocycles. The predicted octanol–water partition coefficient (Wildman–Crippen LogP) is 7.90. The lowest BCUT2D eigenvalue weighted by Crippen LogP contribution is -2.62. The SMILES string of the molecule is CC(C)C(NC(=O)[C@H](Cc1cccc2ccccc12)CS(=O)(=O)C(C)(C)C)C(=O)N[C@@H](Cc1ccccc1)[C@@H](O)[C@H](O)[C@H](Cc1ccccc1)NC(=O)[C@@H](NC(=O)[C@H](Cc1cccc2ccccc12)CS(=O)(=O)C(C)(C)C)C(C)C. The van der Waals surface area contributed by atoms with E-state index in [0.29, 0.717) is 11.1 Å². The zero-order chi connectivity index (χ0) is 58.7. The zero-order valence-electron chi connectivity index (χ0n) is 47.8. The monoisotopic (exact) mass is 1130 g/mol. The molecule has 8 atom stereocenters. The third-order valence-electron chi connectivity index (χ3n) is 15.1. The van der Waals surface area contributed by atoms with Crippen molar-refractivity contribution in [1.82, 2.24) is 21.3 Å². The summed E-state index contributed by atoms with van der Waals surface area (Å²) in [5.74, 6) is -6.92. The zero-order valence-corrected chi connectivity index (χ0v) is 49.5. The highest BCUT2D eigenvalue weighted by atomic mass is 32.2. The van der Waals surface area contributed by atoms with Gasteiger partial charge in [0.2, 0.25) is 23.6 Å². The Morgan fingerprint density at radius 3 is 1.05 bits per heavy atom. The minimum Gasteiger partial charge on any atom is -0.388 e. The van der Waals surface area contributed by atoms with E-state index in [9.17, 15) is 46.2 Å². The molecule has 0 spiro atoms. The Morgan fingerprint density at radius 2 is 0.725 bits per heavy atom. The van der Waals surface area contributed by atoms with Gasteiger partial charge < -0.3 is 31.5 Å². The molecule has 0 aliphatic carbocycles. The molecule has 0 aromatic heterocycles. The summed E-state index contributed by atoms with van der Waals surface area (Å²) in [6.07, 6.45) is -3.37. The summed E-state index contributed by atoms with van der Waals surface area (Å²) in [6, 6.07) is 39.7. The van der Waals surface area contributed by atoms with Crippen molar-refractivity contribution in [1.29, 1.82) is 0 Å². The fraction of sp³-hybridized carbons (Fsp3) is 0.438. The fourth-order valence-corrected chi connectivity index (χ4v) is 12.4. The van der Waals surface area contributed by atoms with Crippen LogP contribution >= 0.6 is 0 Å². The maximum absolute atomic E-state index is 14.7. The second-order valence-electron chi connectivity index (χ2n) is 23.9. The molecule has 6 rings (SSSR count). The number of aliphatic hydroxyl groups is 2. The van der Waals surface area contributed by atoms with Crippen molar-refractivity contribution in [2.45, 2.75) is 141 Å². The van der Waals surface area contributed by atoms with Gasteiger partial charge in [0, 0.05) is 0 Å².